The maximum Gasteiger partial charge on any atom is 0.356 e. The SMILES string of the molecule is Cc1nc(C(=O)O)c(Cl)cc1Cl. The van der Waals surface area contributed by atoms with Crippen molar-refractivity contribution in [2.45, 2.75) is 6.92 Å². The van der Waals surface area contributed by atoms with E-state index in [1.807, 2.05) is 0 Å². The molecular weight excluding hydrogens is 201 g/mol. The van der Waals surface area contributed by atoms with Gasteiger partial charge in [-0.15, -0.1) is 0 Å². The molecule has 0 spiro atoms. The number of carboxylic acids is 1. The molecule has 1 rings (SSSR count). The number of carboxylic acid groups (broad SMARTS) is 1. The molecule has 0 saturated carbocycles. The van der Waals surface area contributed by atoms with Gasteiger partial charge in [0, 0.05) is 0 Å². The number of halogens is 2. The van der Waals surface area contributed by atoms with Gasteiger partial charge in [0.25, 0.3) is 0 Å². The molecule has 5 heteroatoms. The van der Waals surface area contributed by atoms with Gasteiger partial charge in [-0.2, -0.15) is 0 Å². The van der Waals surface area contributed by atoms with Gasteiger partial charge in [0.1, 0.15) is 0 Å². The average Bonchev–Trinajstić information content (AvgIpc) is 1.96. The number of hydrogen-bond donors (Lipinski definition) is 1. The Kier molecular flexibility index (Phi) is 2.55. The Bertz CT molecular complexity index is 338. The number of rotatable bonds is 1. The van der Waals surface area contributed by atoms with Crippen molar-refractivity contribution in [3.8, 4) is 0 Å². The summed E-state index contributed by atoms with van der Waals surface area (Å²) >= 11 is 11.2. The molecule has 0 radical (unpaired) electrons. The zero-order valence-electron chi connectivity index (χ0n) is 6.14. The van der Waals surface area contributed by atoms with Crippen LogP contribution in [0.1, 0.15) is 16.2 Å². The highest BCUT2D eigenvalue weighted by Crippen LogP contribution is 2.21. The van der Waals surface area contributed by atoms with Crippen molar-refractivity contribution in [2.24, 2.45) is 0 Å². The van der Waals surface area contributed by atoms with Crippen LogP contribution in [0.25, 0.3) is 0 Å². The maximum atomic E-state index is 10.5. The molecule has 1 aromatic rings. The van der Waals surface area contributed by atoms with Crippen molar-refractivity contribution < 1.29 is 9.90 Å². The van der Waals surface area contributed by atoms with Crippen molar-refractivity contribution in [3.05, 3.63) is 27.5 Å². The number of pyridine rings is 1. The third-order valence-corrected chi connectivity index (χ3v) is 1.98. The van der Waals surface area contributed by atoms with E-state index in [0.717, 1.165) is 0 Å². The van der Waals surface area contributed by atoms with Crippen LogP contribution in [-0.4, -0.2) is 16.1 Å². The van der Waals surface area contributed by atoms with E-state index in [1.54, 1.807) is 6.92 Å². The van der Waals surface area contributed by atoms with Gasteiger partial charge in [-0.25, -0.2) is 9.78 Å². The standard InChI is InChI=1S/C7H5Cl2NO2/c1-3-4(8)2-5(9)6(10-3)7(11)12/h2H,1H3,(H,11,12). The maximum absolute atomic E-state index is 10.5. The largest absolute Gasteiger partial charge is 0.476 e. The number of aryl methyl sites for hydroxylation is 1. The molecule has 0 bridgehead atoms. The predicted molar refractivity (Wildman–Crippen MR) is 46.0 cm³/mol. The van der Waals surface area contributed by atoms with E-state index in [-0.39, 0.29) is 10.7 Å². The van der Waals surface area contributed by atoms with Crippen molar-refractivity contribution >= 4 is 29.2 Å². The van der Waals surface area contributed by atoms with Crippen LogP contribution in [0.3, 0.4) is 0 Å². The Balaban J connectivity index is 3.33. The van der Waals surface area contributed by atoms with E-state index in [1.165, 1.54) is 6.07 Å². The first-order chi connectivity index (χ1) is 5.52. The molecule has 0 atom stereocenters. The van der Waals surface area contributed by atoms with Gasteiger partial charge in [0.15, 0.2) is 5.69 Å². The summed E-state index contributed by atoms with van der Waals surface area (Å²) in [7, 11) is 0. The van der Waals surface area contributed by atoms with E-state index in [9.17, 15) is 4.79 Å². The monoisotopic (exact) mass is 205 g/mol. The van der Waals surface area contributed by atoms with E-state index < -0.39 is 5.97 Å². The number of hydrogen-bond acceptors (Lipinski definition) is 2. The molecule has 0 unspecified atom stereocenters. The zero-order chi connectivity index (χ0) is 9.30. The lowest BCUT2D eigenvalue weighted by Gasteiger charge is -2.00. The number of carbonyl (C=O) groups is 1. The molecule has 0 aliphatic heterocycles. The quantitative estimate of drug-likeness (QED) is 0.767. The Morgan fingerprint density at radius 2 is 2.08 bits per heavy atom. The van der Waals surface area contributed by atoms with Crippen LogP contribution >= 0.6 is 23.2 Å². The normalized spacial score (nSPS) is 9.92. The third-order valence-electron chi connectivity index (χ3n) is 1.31. The molecule has 0 aromatic carbocycles. The molecule has 1 aromatic heterocycles. The minimum atomic E-state index is -1.15. The fourth-order valence-corrected chi connectivity index (χ4v) is 1.15. The second kappa shape index (κ2) is 3.29. The molecule has 0 aliphatic carbocycles. The average molecular weight is 206 g/mol. The van der Waals surface area contributed by atoms with Crippen LogP contribution in [0.2, 0.25) is 10.0 Å². The van der Waals surface area contributed by atoms with E-state index >= 15 is 0 Å². The number of aromatic nitrogens is 1. The predicted octanol–water partition coefficient (Wildman–Crippen LogP) is 2.40. The third kappa shape index (κ3) is 1.68. The number of nitrogens with zero attached hydrogens (tertiary/aromatic N) is 1. The lowest BCUT2D eigenvalue weighted by atomic mass is 10.3. The lowest BCUT2D eigenvalue weighted by molar-refractivity contribution is 0.0690. The summed E-state index contributed by atoms with van der Waals surface area (Å²) in [6.07, 6.45) is 0. The molecule has 3 nitrogen and oxygen atoms in total. The number of aromatic carboxylic acids is 1. The minimum Gasteiger partial charge on any atom is -0.476 e. The summed E-state index contributed by atoms with van der Waals surface area (Å²) in [5.74, 6) is -1.15. The minimum absolute atomic E-state index is 0.0538. The first kappa shape index (κ1) is 9.29. The first-order valence-electron chi connectivity index (χ1n) is 3.08. The highest BCUT2D eigenvalue weighted by Gasteiger charge is 2.12. The molecule has 0 amide bonds. The molecule has 1 heterocycles. The highest BCUT2D eigenvalue weighted by atomic mass is 35.5. The highest BCUT2D eigenvalue weighted by molar-refractivity contribution is 6.36. The topological polar surface area (TPSA) is 50.2 Å². The summed E-state index contributed by atoms with van der Waals surface area (Å²) in [5, 5.41) is 9.01. The van der Waals surface area contributed by atoms with Crippen molar-refractivity contribution in [1.82, 2.24) is 4.98 Å². The van der Waals surface area contributed by atoms with Crippen molar-refractivity contribution in [1.29, 1.82) is 0 Å². The second-order valence-electron chi connectivity index (χ2n) is 2.19. The van der Waals surface area contributed by atoms with Crippen LogP contribution < -0.4 is 0 Å². The molecular formula is C7H5Cl2NO2. The lowest BCUT2D eigenvalue weighted by Crippen LogP contribution is -2.02. The van der Waals surface area contributed by atoms with Gasteiger partial charge in [-0.05, 0) is 13.0 Å². The van der Waals surface area contributed by atoms with Crippen LogP contribution in [0, 0.1) is 6.92 Å². The van der Waals surface area contributed by atoms with Crippen molar-refractivity contribution in [2.75, 3.05) is 0 Å². The summed E-state index contributed by atoms with van der Waals surface area (Å²) in [5.41, 5.74) is 0.289. The first-order valence-corrected chi connectivity index (χ1v) is 3.84. The van der Waals surface area contributed by atoms with Gasteiger partial charge in [-0.3, -0.25) is 0 Å². The van der Waals surface area contributed by atoms with Crippen molar-refractivity contribution in [3.63, 3.8) is 0 Å². The van der Waals surface area contributed by atoms with Crippen LogP contribution in [0.4, 0.5) is 0 Å². The molecule has 0 aliphatic rings. The second-order valence-corrected chi connectivity index (χ2v) is 3.01. The van der Waals surface area contributed by atoms with Gasteiger partial charge in [0.05, 0.1) is 15.7 Å². The molecule has 64 valence electrons. The fraction of sp³-hybridized carbons (Fsp3) is 0.143. The Morgan fingerprint density at radius 3 is 2.58 bits per heavy atom. The van der Waals surface area contributed by atoms with E-state index in [0.29, 0.717) is 10.7 Å². The van der Waals surface area contributed by atoms with Crippen LogP contribution in [0.5, 0.6) is 0 Å². The molecule has 0 fully saturated rings. The molecule has 1 N–H and O–H groups in total. The van der Waals surface area contributed by atoms with Gasteiger partial charge < -0.3 is 5.11 Å². The Morgan fingerprint density at radius 1 is 1.50 bits per heavy atom. The summed E-state index contributed by atoms with van der Waals surface area (Å²) in [4.78, 5) is 14.2. The van der Waals surface area contributed by atoms with Gasteiger partial charge in [-0.1, -0.05) is 23.2 Å². The van der Waals surface area contributed by atoms with E-state index in [2.05, 4.69) is 4.98 Å². The summed E-state index contributed by atoms with van der Waals surface area (Å²) in [6.45, 7) is 1.62. The molecule has 0 saturated heterocycles. The van der Waals surface area contributed by atoms with Gasteiger partial charge >= 0.3 is 5.97 Å². The smallest absolute Gasteiger partial charge is 0.356 e. The van der Waals surface area contributed by atoms with Crippen LogP contribution in [-0.2, 0) is 0 Å². The Labute approximate surface area is 78.9 Å². The molecule has 12 heavy (non-hydrogen) atoms. The Hall–Kier alpha value is -0.800. The van der Waals surface area contributed by atoms with Crippen LogP contribution in [0.15, 0.2) is 6.07 Å². The van der Waals surface area contributed by atoms with Gasteiger partial charge in [0.2, 0.25) is 0 Å². The van der Waals surface area contributed by atoms with E-state index in [4.69, 9.17) is 28.3 Å². The summed E-state index contributed by atoms with van der Waals surface area (Å²) < 4.78 is 0. The summed E-state index contributed by atoms with van der Waals surface area (Å²) in [6, 6.07) is 1.37. The zero-order valence-corrected chi connectivity index (χ0v) is 7.65. The fourth-order valence-electron chi connectivity index (χ4n) is 0.709.